The largest absolute Gasteiger partial charge is 0.430 e. The minimum Gasteiger partial charge on any atom is -0.430 e. The number of nitrogens with zero attached hydrogens (tertiary/aromatic N) is 1. The van der Waals surface area contributed by atoms with E-state index in [1.54, 1.807) is 18.3 Å². The van der Waals surface area contributed by atoms with E-state index in [0.717, 1.165) is 37.3 Å². The van der Waals surface area contributed by atoms with Crippen molar-refractivity contribution in [1.29, 1.82) is 5.41 Å². The Morgan fingerprint density at radius 3 is 2.36 bits per heavy atom. The highest BCUT2D eigenvalue weighted by atomic mass is 31.0. The molecule has 2 aromatic rings. The molecule has 2 aliphatic heterocycles. The summed E-state index contributed by atoms with van der Waals surface area (Å²) in [6.07, 6.45) is 1.75. The Labute approximate surface area is 164 Å². The maximum Gasteiger partial charge on any atom is 0.408 e. The van der Waals surface area contributed by atoms with Gasteiger partial charge >= 0.3 is 5.85 Å². The van der Waals surface area contributed by atoms with E-state index >= 15 is 0 Å². The number of halogens is 2. The van der Waals surface area contributed by atoms with Gasteiger partial charge in [0.1, 0.15) is 11.6 Å². The Kier molecular flexibility index (Phi) is 5.27. The Morgan fingerprint density at radius 1 is 1.14 bits per heavy atom. The van der Waals surface area contributed by atoms with Crippen LogP contribution in [0.3, 0.4) is 0 Å². The van der Waals surface area contributed by atoms with Gasteiger partial charge in [0, 0.05) is 61.2 Å². The summed E-state index contributed by atoms with van der Waals surface area (Å²) in [7, 11) is 1.35. The van der Waals surface area contributed by atoms with Crippen molar-refractivity contribution in [3.05, 3.63) is 47.7 Å². The number of nitrogens with one attached hydrogen (secondary N) is 4. The van der Waals surface area contributed by atoms with Crippen LogP contribution in [0.4, 0.5) is 20.3 Å². The van der Waals surface area contributed by atoms with Crippen LogP contribution in [0.5, 0.6) is 5.75 Å². The van der Waals surface area contributed by atoms with Crippen LogP contribution in [-0.2, 0) is 0 Å². The third-order valence-electron chi connectivity index (χ3n) is 5.03. The van der Waals surface area contributed by atoms with E-state index in [1.807, 2.05) is 6.07 Å². The zero-order chi connectivity index (χ0) is 19.7. The average molecular weight is 405 g/mol. The summed E-state index contributed by atoms with van der Waals surface area (Å²) >= 11 is 0. The third kappa shape index (κ3) is 4.14. The number of rotatable bonds is 7. The van der Waals surface area contributed by atoms with Crippen molar-refractivity contribution < 1.29 is 13.5 Å². The number of hydrogen-bond donors (Lipinski definition) is 4. The van der Waals surface area contributed by atoms with Crippen LogP contribution in [0.2, 0.25) is 0 Å². The van der Waals surface area contributed by atoms with Crippen molar-refractivity contribution in [2.75, 3.05) is 31.5 Å². The number of benzene rings is 1. The molecule has 4 rings (SSSR count). The summed E-state index contributed by atoms with van der Waals surface area (Å²) in [4.78, 5) is 4.47. The summed E-state index contributed by atoms with van der Waals surface area (Å²) in [6.45, 7) is 3.37. The van der Waals surface area contributed by atoms with E-state index in [0.29, 0.717) is 23.1 Å². The maximum absolute atomic E-state index is 13.0. The molecule has 0 bridgehead atoms. The number of anilines is 2. The summed E-state index contributed by atoms with van der Waals surface area (Å²) in [5.74, 6) is -2.07. The molecule has 9 heteroatoms. The first-order chi connectivity index (χ1) is 13.4. The molecular weight excluding hydrogens is 383 g/mol. The Bertz CT molecular complexity index is 864. The normalized spacial score (nSPS) is 17.5. The van der Waals surface area contributed by atoms with Crippen LogP contribution in [0, 0.1) is 11.3 Å². The molecule has 6 nitrogen and oxygen atoms in total. The van der Waals surface area contributed by atoms with Crippen LogP contribution in [0.25, 0.3) is 0 Å². The lowest BCUT2D eigenvalue weighted by molar-refractivity contribution is -0.0892. The first kappa shape index (κ1) is 19.2. The smallest absolute Gasteiger partial charge is 0.408 e. The van der Waals surface area contributed by atoms with Gasteiger partial charge in [0.25, 0.3) is 0 Å². The first-order valence-corrected chi connectivity index (χ1v) is 9.70. The van der Waals surface area contributed by atoms with Crippen molar-refractivity contribution in [3.8, 4) is 5.75 Å². The van der Waals surface area contributed by atoms with Crippen LogP contribution in [0.1, 0.15) is 17.0 Å². The molecule has 28 heavy (non-hydrogen) atoms. The van der Waals surface area contributed by atoms with Crippen LogP contribution in [0.15, 0.2) is 36.5 Å². The lowest BCUT2D eigenvalue weighted by atomic mass is 9.83. The van der Waals surface area contributed by atoms with Gasteiger partial charge in [-0.25, -0.2) is 4.98 Å². The predicted octanol–water partition coefficient (Wildman–Crippen LogP) is 2.90. The molecule has 1 unspecified atom stereocenters. The second-order valence-electron chi connectivity index (χ2n) is 7.06. The fraction of sp³-hybridized carbons (Fsp3) is 0.368. The van der Waals surface area contributed by atoms with Crippen LogP contribution >= 0.6 is 9.24 Å². The van der Waals surface area contributed by atoms with E-state index in [-0.39, 0.29) is 11.7 Å². The summed E-state index contributed by atoms with van der Waals surface area (Å²) < 4.78 is 30.4. The van der Waals surface area contributed by atoms with E-state index in [2.05, 4.69) is 25.7 Å². The summed E-state index contributed by atoms with van der Waals surface area (Å²) in [5, 5.41) is 18.5. The topological polar surface area (TPSA) is 82.1 Å². The minimum atomic E-state index is -3.30. The van der Waals surface area contributed by atoms with Gasteiger partial charge in [-0.3, -0.25) is 0 Å². The van der Waals surface area contributed by atoms with E-state index in [9.17, 15) is 8.78 Å². The zero-order valence-electron chi connectivity index (χ0n) is 15.1. The van der Waals surface area contributed by atoms with Crippen LogP contribution < -0.4 is 20.7 Å². The number of aromatic nitrogens is 1. The zero-order valence-corrected chi connectivity index (χ0v) is 16.3. The standard InChI is InChI=1S/C19H22F2N5OP/c20-19(21,28)27-14-3-1-13(2-4-14)26-18-16(17(22)12-9-24-10-12)15(5-6-25-18)11-7-23-8-11/h1-6,11-12,22-24H,7-10,28H2,(H,25,26). The molecule has 1 aromatic carbocycles. The fourth-order valence-electron chi connectivity index (χ4n) is 3.30. The predicted molar refractivity (Wildman–Crippen MR) is 108 cm³/mol. The molecule has 0 spiro atoms. The Hall–Kier alpha value is -2.15. The lowest BCUT2D eigenvalue weighted by Crippen LogP contribution is -2.47. The van der Waals surface area contributed by atoms with Gasteiger partial charge in [-0.05, 0) is 45.1 Å². The van der Waals surface area contributed by atoms with Crippen molar-refractivity contribution in [2.24, 2.45) is 5.92 Å². The Balaban J connectivity index is 1.61. The molecule has 2 saturated heterocycles. The van der Waals surface area contributed by atoms with Gasteiger partial charge in [0.15, 0.2) is 0 Å². The number of alkyl halides is 2. The minimum absolute atomic E-state index is 0.0707. The second kappa shape index (κ2) is 7.70. The first-order valence-electron chi connectivity index (χ1n) is 9.12. The molecule has 0 saturated carbocycles. The SMILES string of the molecule is N=C(c1c(C2CNC2)ccnc1Nc1ccc(OC(F)(F)P)cc1)C1CNC1. The van der Waals surface area contributed by atoms with Gasteiger partial charge < -0.3 is 26.1 Å². The van der Waals surface area contributed by atoms with Gasteiger partial charge in [0.2, 0.25) is 0 Å². The molecule has 0 aliphatic carbocycles. The number of hydrogen-bond acceptors (Lipinski definition) is 6. The fourth-order valence-corrected chi connectivity index (χ4v) is 3.44. The second-order valence-corrected chi connectivity index (χ2v) is 7.73. The molecule has 0 radical (unpaired) electrons. The Morgan fingerprint density at radius 2 is 1.82 bits per heavy atom. The van der Waals surface area contributed by atoms with Crippen molar-refractivity contribution in [3.63, 3.8) is 0 Å². The molecule has 0 amide bonds. The highest BCUT2D eigenvalue weighted by molar-refractivity contribution is 7.17. The lowest BCUT2D eigenvalue weighted by Gasteiger charge is -2.33. The quantitative estimate of drug-likeness (QED) is 0.421. The van der Waals surface area contributed by atoms with Gasteiger partial charge in [-0.2, -0.15) is 8.78 Å². The summed E-state index contributed by atoms with van der Waals surface area (Å²) in [5.41, 5.74) is 3.24. The number of ether oxygens (including phenoxy) is 1. The number of pyridine rings is 1. The van der Waals surface area contributed by atoms with E-state index < -0.39 is 5.85 Å². The molecule has 4 N–H and O–H groups in total. The van der Waals surface area contributed by atoms with Crippen molar-refractivity contribution in [2.45, 2.75) is 11.8 Å². The molecule has 148 valence electrons. The molecule has 1 aromatic heterocycles. The highest BCUT2D eigenvalue weighted by Crippen LogP contribution is 2.33. The average Bonchev–Trinajstić information content (AvgIpc) is 2.52. The molecule has 2 fully saturated rings. The maximum atomic E-state index is 13.0. The van der Waals surface area contributed by atoms with Crippen molar-refractivity contribution in [1.82, 2.24) is 15.6 Å². The van der Waals surface area contributed by atoms with Gasteiger partial charge in [0.05, 0.1) is 0 Å². The van der Waals surface area contributed by atoms with E-state index in [1.165, 1.54) is 21.4 Å². The third-order valence-corrected chi connectivity index (χ3v) is 5.15. The van der Waals surface area contributed by atoms with Gasteiger partial charge in [-0.1, -0.05) is 0 Å². The monoisotopic (exact) mass is 405 g/mol. The molecular formula is C19H22F2N5OP. The van der Waals surface area contributed by atoms with E-state index in [4.69, 9.17) is 5.41 Å². The highest BCUT2D eigenvalue weighted by Gasteiger charge is 2.31. The molecule has 2 aliphatic rings. The summed E-state index contributed by atoms with van der Waals surface area (Å²) in [6, 6.07) is 8.25. The molecule has 1 atom stereocenters. The van der Waals surface area contributed by atoms with Crippen LogP contribution in [-0.4, -0.2) is 42.7 Å². The van der Waals surface area contributed by atoms with Crippen molar-refractivity contribution >= 4 is 26.5 Å². The van der Waals surface area contributed by atoms with Gasteiger partial charge in [-0.15, -0.1) is 0 Å². The molecule has 3 heterocycles.